The molecule has 2 nitrogen and oxygen atoms in total. The lowest BCUT2D eigenvalue weighted by Crippen LogP contribution is -2.15. The summed E-state index contributed by atoms with van der Waals surface area (Å²) in [6.45, 7) is 1.58. The summed E-state index contributed by atoms with van der Waals surface area (Å²) in [6.07, 6.45) is 7.80. The average Bonchev–Trinajstić information content (AvgIpc) is 2.57. The van der Waals surface area contributed by atoms with Gasteiger partial charge in [0.25, 0.3) is 0 Å². The fourth-order valence-electron chi connectivity index (χ4n) is 2.41. The quantitative estimate of drug-likeness (QED) is 0.594. The van der Waals surface area contributed by atoms with Crippen molar-refractivity contribution in [3.63, 3.8) is 0 Å². The molecule has 1 aliphatic rings. The molecule has 0 bridgehead atoms. The van der Waals surface area contributed by atoms with Crippen LogP contribution in [0.25, 0.3) is 0 Å². The van der Waals surface area contributed by atoms with Crippen LogP contribution in [0, 0.1) is 0 Å². The zero-order valence-corrected chi connectivity index (χ0v) is 12.3. The van der Waals surface area contributed by atoms with Crippen molar-refractivity contribution in [1.29, 1.82) is 0 Å². The van der Waals surface area contributed by atoms with Gasteiger partial charge >= 0.3 is 0 Å². The summed E-state index contributed by atoms with van der Waals surface area (Å²) in [7, 11) is 0. The molecule has 0 spiro atoms. The minimum atomic E-state index is 0.0721. The first-order chi connectivity index (χ1) is 8.66. The summed E-state index contributed by atoms with van der Waals surface area (Å²) in [5.41, 5.74) is 0.711. The zero-order valence-electron chi connectivity index (χ0n) is 10.7. The van der Waals surface area contributed by atoms with Crippen LogP contribution in [0.3, 0.4) is 0 Å². The van der Waals surface area contributed by atoms with Crippen molar-refractivity contribution in [3.8, 4) is 5.75 Å². The zero-order chi connectivity index (χ0) is 13.0. The first-order valence-electron chi connectivity index (χ1n) is 6.64. The van der Waals surface area contributed by atoms with Crippen LogP contribution >= 0.6 is 15.9 Å². The Morgan fingerprint density at radius 3 is 2.44 bits per heavy atom. The standard InChI is InChI=1S/C15H19BrO2/c1-11(17)14-9-8-13(10-15(14)16)18-12-6-4-2-3-5-7-12/h8-10,12H,2-7H2,1H3. The molecule has 0 amide bonds. The van der Waals surface area contributed by atoms with E-state index in [-0.39, 0.29) is 5.78 Å². The Bertz CT molecular complexity index is 421. The number of rotatable bonds is 3. The first-order valence-corrected chi connectivity index (χ1v) is 7.43. The molecular formula is C15H19BrO2. The van der Waals surface area contributed by atoms with Gasteiger partial charge in [-0.25, -0.2) is 0 Å². The van der Waals surface area contributed by atoms with E-state index in [1.54, 1.807) is 6.92 Å². The fourth-order valence-corrected chi connectivity index (χ4v) is 3.04. The van der Waals surface area contributed by atoms with E-state index >= 15 is 0 Å². The molecule has 1 saturated carbocycles. The average molecular weight is 311 g/mol. The minimum absolute atomic E-state index is 0.0721. The van der Waals surface area contributed by atoms with Crippen molar-refractivity contribution in [1.82, 2.24) is 0 Å². The van der Waals surface area contributed by atoms with Crippen molar-refractivity contribution in [2.75, 3.05) is 0 Å². The Labute approximate surface area is 117 Å². The van der Waals surface area contributed by atoms with E-state index in [2.05, 4.69) is 15.9 Å². The lowest BCUT2D eigenvalue weighted by molar-refractivity contribution is 0.101. The normalized spacial score (nSPS) is 17.2. The number of benzene rings is 1. The van der Waals surface area contributed by atoms with Gasteiger partial charge < -0.3 is 4.74 Å². The van der Waals surface area contributed by atoms with E-state index in [0.717, 1.165) is 23.1 Å². The molecule has 98 valence electrons. The smallest absolute Gasteiger partial charge is 0.160 e. The van der Waals surface area contributed by atoms with Crippen LogP contribution in [-0.4, -0.2) is 11.9 Å². The Balaban J connectivity index is 2.05. The largest absolute Gasteiger partial charge is 0.490 e. The van der Waals surface area contributed by atoms with Crippen molar-refractivity contribution in [3.05, 3.63) is 28.2 Å². The van der Waals surface area contributed by atoms with Crippen molar-refractivity contribution < 1.29 is 9.53 Å². The highest BCUT2D eigenvalue weighted by Crippen LogP contribution is 2.27. The molecule has 1 fully saturated rings. The summed E-state index contributed by atoms with van der Waals surface area (Å²) >= 11 is 3.43. The van der Waals surface area contributed by atoms with Crippen LogP contribution < -0.4 is 4.74 Å². The van der Waals surface area contributed by atoms with Crippen LogP contribution in [0.5, 0.6) is 5.75 Å². The van der Waals surface area contributed by atoms with Gasteiger partial charge in [0.2, 0.25) is 0 Å². The molecular weight excluding hydrogens is 292 g/mol. The van der Waals surface area contributed by atoms with Crippen molar-refractivity contribution >= 4 is 21.7 Å². The Morgan fingerprint density at radius 1 is 1.22 bits per heavy atom. The monoisotopic (exact) mass is 310 g/mol. The second-order valence-electron chi connectivity index (χ2n) is 4.93. The highest BCUT2D eigenvalue weighted by atomic mass is 79.9. The number of Topliss-reactive ketones (excluding diaryl/α,β-unsaturated/α-hetero) is 1. The number of carbonyl (C=O) groups excluding carboxylic acids is 1. The molecule has 0 radical (unpaired) electrons. The first kappa shape index (κ1) is 13.6. The van der Waals surface area contributed by atoms with Crippen LogP contribution in [0.15, 0.2) is 22.7 Å². The summed E-state index contributed by atoms with van der Waals surface area (Å²) in [6, 6.07) is 5.63. The fraction of sp³-hybridized carbons (Fsp3) is 0.533. The number of hydrogen-bond donors (Lipinski definition) is 0. The number of carbonyl (C=O) groups is 1. The van der Waals surface area contributed by atoms with Crippen LogP contribution in [0.1, 0.15) is 55.8 Å². The van der Waals surface area contributed by atoms with Crippen LogP contribution in [0.2, 0.25) is 0 Å². The van der Waals surface area contributed by atoms with Gasteiger partial charge in [0.1, 0.15) is 5.75 Å². The second-order valence-corrected chi connectivity index (χ2v) is 5.78. The maximum absolute atomic E-state index is 11.3. The predicted octanol–water partition coefficient (Wildman–Crippen LogP) is 4.75. The highest BCUT2D eigenvalue weighted by Gasteiger charge is 2.14. The number of hydrogen-bond acceptors (Lipinski definition) is 2. The Hall–Kier alpha value is -0.830. The van der Waals surface area contributed by atoms with E-state index in [1.807, 2.05) is 18.2 Å². The van der Waals surface area contributed by atoms with E-state index in [1.165, 1.54) is 25.7 Å². The molecule has 0 saturated heterocycles. The Morgan fingerprint density at radius 2 is 1.89 bits per heavy atom. The molecule has 0 atom stereocenters. The molecule has 1 aromatic carbocycles. The lowest BCUT2D eigenvalue weighted by Gasteiger charge is -2.17. The van der Waals surface area contributed by atoms with E-state index in [0.29, 0.717) is 11.7 Å². The molecule has 1 aliphatic carbocycles. The number of halogens is 1. The van der Waals surface area contributed by atoms with E-state index in [9.17, 15) is 4.79 Å². The van der Waals surface area contributed by atoms with Gasteiger partial charge in [0.15, 0.2) is 5.78 Å². The van der Waals surface area contributed by atoms with Gasteiger partial charge in [-0.15, -0.1) is 0 Å². The predicted molar refractivity (Wildman–Crippen MR) is 76.3 cm³/mol. The molecule has 0 N–H and O–H groups in total. The maximum atomic E-state index is 11.3. The highest BCUT2D eigenvalue weighted by molar-refractivity contribution is 9.10. The van der Waals surface area contributed by atoms with E-state index < -0.39 is 0 Å². The third kappa shape index (κ3) is 3.58. The van der Waals surface area contributed by atoms with Gasteiger partial charge in [-0.3, -0.25) is 4.79 Å². The topological polar surface area (TPSA) is 26.3 Å². The van der Waals surface area contributed by atoms with Crippen molar-refractivity contribution in [2.24, 2.45) is 0 Å². The summed E-state index contributed by atoms with van der Waals surface area (Å²) in [5, 5.41) is 0. The van der Waals surface area contributed by atoms with Gasteiger partial charge in [-0.2, -0.15) is 0 Å². The Kier molecular flexibility index (Phi) is 4.81. The third-order valence-electron chi connectivity index (χ3n) is 3.42. The molecule has 0 aromatic heterocycles. The van der Waals surface area contributed by atoms with Crippen LogP contribution in [-0.2, 0) is 0 Å². The summed E-state index contributed by atoms with van der Waals surface area (Å²) in [4.78, 5) is 11.3. The van der Waals surface area contributed by atoms with Gasteiger partial charge in [0, 0.05) is 10.0 Å². The second kappa shape index (κ2) is 6.37. The molecule has 3 heteroatoms. The summed E-state index contributed by atoms with van der Waals surface area (Å²) in [5.74, 6) is 0.932. The van der Waals surface area contributed by atoms with Gasteiger partial charge in [-0.05, 0) is 66.7 Å². The minimum Gasteiger partial charge on any atom is -0.490 e. The molecule has 2 rings (SSSR count). The lowest BCUT2D eigenvalue weighted by atomic mass is 10.1. The molecule has 0 aliphatic heterocycles. The SMILES string of the molecule is CC(=O)c1ccc(OC2CCCCCC2)cc1Br. The maximum Gasteiger partial charge on any atom is 0.160 e. The third-order valence-corrected chi connectivity index (χ3v) is 4.08. The van der Waals surface area contributed by atoms with Crippen molar-refractivity contribution in [2.45, 2.75) is 51.6 Å². The number of ether oxygens (including phenoxy) is 1. The van der Waals surface area contributed by atoms with Gasteiger partial charge in [0.05, 0.1) is 6.10 Å². The molecule has 1 aromatic rings. The van der Waals surface area contributed by atoms with E-state index in [4.69, 9.17) is 4.74 Å². The number of ketones is 1. The van der Waals surface area contributed by atoms with Crippen LogP contribution in [0.4, 0.5) is 0 Å². The van der Waals surface area contributed by atoms with Gasteiger partial charge in [-0.1, -0.05) is 12.8 Å². The molecule has 18 heavy (non-hydrogen) atoms. The summed E-state index contributed by atoms with van der Waals surface area (Å²) < 4.78 is 6.83. The molecule has 0 heterocycles. The molecule has 0 unspecified atom stereocenters.